The van der Waals surface area contributed by atoms with E-state index in [9.17, 15) is 13.2 Å². The summed E-state index contributed by atoms with van der Waals surface area (Å²) in [5.74, 6) is -0.256. The van der Waals surface area contributed by atoms with Crippen LogP contribution in [0.2, 0.25) is 0 Å². The Kier molecular flexibility index (Phi) is 7.01. The van der Waals surface area contributed by atoms with Crippen LogP contribution in [-0.2, 0) is 14.8 Å². The highest BCUT2D eigenvalue weighted by Crippen LogP contribution is 2.30. The van der Waals surface area contributed by atoms with Gasteiger partial charge in [-0.05, 0) is 38.4 Å². The first-order chi connectivity index (χ1) is 11.8. The van der Waals surface area contributed by atoms with E-state index in [1.165, 1.54) is 32.7 Å². The topological polar surface area (TPSA) is 69.7 Å². The van der Waals surface area contributed by atoms with Crippen LogP contribution in [-0.4, -0.2) is 63.3 Å². The van der Waals surface area contributed by atoms with E-state index in [4.69, 9.17) is 0 Å². The van der Waals surface area contributed by atoms with Gasteiger partial charge < -0.3 is 10.2 Å². The molecule has 0 spiro atoms. The minimum Gasteiger partial charge on any atom is -0.353 e. The molecule has 25 heavy (non-hydrogen) atoms. The maximum absolute atomic E-state index is 12.4. The van der Waals surface area contributed by atoms with Crippen molar-refractivity contribution in [1.29, 1.82) is 0 Å². The van der Waals surface area contributed by atoms with Gasteiger partial charge in [-0.25, -0.2) is 8.42 Å². The van der Waals surface area contributed by atoms with Gasteiger partial charge in [-0.15, -0.1) is 11.3 Å². The third kappa shape index (κ3) is 5.03. The SMILES string of the molecule is CN(C)C1(CNC(=O)CN(C)S(=O)(=O)c2cccs2)CCCCCC1. The summed E-state index contributed by atoms with van der Waals surface area (Å²) < 4.78 is 26.2. The second kappa shape index (κ2) is 8.62. The van der Waals surface area contributed by atoms with Crippen LogP contribution in [0.5, 0.6) is 0 Å². The Balaban J connectivity index is 1.95. The van der Waals surface area contributed by atoms with Crippen LogP contribution >= 0.6 is 11.3 Å². The third-order valence-corrected chi connectivity index (χ3v) is 8.30. The number of nitrogens with one attached hydrogen (secondary N) is 1. The molecule has 1 saturated carbocycles. The van der Waals surface area contributed by atoms with Gasteiger partial charge >= 0.3 is 0 Å². The standard InChI is InChI=1S/C17H29N3O3S2/c1-19(2)17(10-6-4-5-7-11-17)14-18-15(21)13-20(3)25(22,23)16-9-8-12-24-16/h8-9,12H,4-7,10-11,13-14H2,1-3H3,(H,18,21). The van der Waals surface area contributed by atoms with Gasteiger partial charge in [-0.2, -0.15) is 4.31 Å². The summed E-state index contributed by atoms with van der Waals surface area (Å²) >= 11 is 1.16. The molecule has 1 aromatic rings. The molecule has 8 heteroatoms. The first-order valence-corrected chi connectivity index (χ1v) is 11.0. The number of hydrogen-bond acceptors (Lipinski definition) is 5. The van der Waals surface area contributed by atoms with Gasteiger partial charge in [0, 0.05) is 19.1 Å². The van der Waals surface area contributed by atoms with Gasteiger partial charge in [0.25, 0.3) is 10.0 Å². The van der Waals surface area contributed by atoms with Gasteiger partial charge in [0.05, 0.1) is 6.54 Å². The van der Waals surface area contributed by atoms with Crippen molar-refractivity contribution in [1.82, 2.24) is 14.5 Å². The fraction of sp³-hybridized carbons (Fsp3) is 0.706. The zero-order chi connectivity index (χ0) is 18.5. The Hall–Kier alpha value is -0.960. The van der Waals surface area contributed by atoms with E-state index in [0.717, 1.165) is 28.5 Å². The van der Waals surface area contributed by atoms with E-state index in [1.807, 2.05) is 0 Å². The molecule has 1 fully saturated rings. The molecule has 0 saturated heterocycles. The lowest BCUT2D eigenvalue weighted by Crippen LogP contribution is -2.53. The van der Waals surface area contributed by atoms with E-state index in [-0.39, 0.29) is 22.2 Å². The second-order valence-electron chi connectivity index (χ2n) is 7.00. The smallest absolute Gasteiger partial charge is 0.252 e. The molecule has 0 unspecified atom stereocenters. The molecule has 6 nitrogen and oxygen atoms in total. The molecule has 0 bridgehead atoms. The molecule has 1 N–H and O–H groups in total. The third-order valence-electron chi connectivity index (χ3n) is 5.12. The average molecular weight is 388 g/mol. The molecular weight excluding hydrogens is 358 g/mol. The predicted octanol–water partition coefficient (Wildman–Crippen LogP) is 2.14. The van der Waals surface area contributed by atoms with Crippen LogP contribution in [0.1, 0.15) is 38.5 Å². The van der Waals surface area contributed by atoms with Crippen LogP contribution in [0, 0.1) is 0 Å². The summed E-state index contributed by atoms with van der Waals surface area (Å²) in [5.41, 5.74) is -0.0304. The summed E-state index contributed by atoms with van der Waals surface area (Å²) in [7, 11) is 1.98. The summed E-state index contributed by atoms with van der Waals surface area (Å²) in [4.78, 5) is 14.5. The summed E-state index contributed by atoms with van der Waals surface area (Å²) in [6.07, 6.45) is 6.94. The van der Waals surface area contributed by atoms with Crippen LogP contribution in [0.25, 0.3) is 0 Å². The van der Waals surface area contributed by atoms with Crippen molar-refractivity contribution in [3.8, 4) is 0 Å². The van der Waals surface area contributed by atoms with E-state index < -0.39 is 10.0 Å². The predicted molar refractivity (Wildman–Crippen MR) is 101 cm³/mol. The van der Waals surface area contributed by atoms with Gasteiger partial charge in [0.15, 0.2) is 0 Å². The van der Waals surface area contributed by atoms with E-state index in [2.05, 4.69) is 24.3 Å². The van der Waals surface area contributed by atoms with Crippen molar-refractivity contribution in [3.05, 3.63) is 17.5 Å². The number of nitrogens with zero attached hydrogens (tertiary/aromatic N) is 2. The van der Waals surface area contributed by atoms with Crippen molar-refractivity contribution in [2.24, 2.45) is 0 Å². The highest BCUT2D eigenvalue weighted by molar-refractivity contribution is 7.91. The Bertz CT molecular complexity index is 649. The highest BCUT2D eigenvalue weighted by atomic mass is 32.2. The zero-order valence-corrected chi connectivity index (χ0v) is 17.0. The van der Waals surface area contributed by atoms with Crippen LogP contribution < -0.4 is 5.32 Å². The number of likely N-dealkylation sites (N-methyl/N-ethyl adjacent to an activating group) is 2. The van der Waals surface area contributed by atoms with E-state index in [0.29, 0.717) is 6.54 Å². The normalized spacial score (nSPS) is 18.3. The molecule has 1 aromatic heterocycles. The second-order valence-corrected chi connectivity index (χ2v) is 10.2. The fourth-order valence-corrected chi connectivity index (χ4v) is 5.67. The first kappa shape index (κ1) is 20.4. The quantitative estimate of drug-likeness (QED) is 0.728. The molecule has 1 aliphatic rings. The van der Waals surface area contributed by atoms with Crippen LogP contribution in [0.4, 0.5) is 0 Å². The summed E-state index contributed by atoms with van der Waals surface area (Å²) in [6, 6.07) is 3.25. The Morgan fingerprint density at radius 3 is 2.36 bits per heavy atom. The van der Waals surface area contributed by atoms with Crippen molar-refractivity contribution in [2.45, 2.75) is 48.3 Å². The zero-order valence-electron chi connectivity index (χ0n) is 15.3. The van der Waals surface area contributed by atoms with E-state index in [1.54, 1.807) is 17.5 Å². The maximum Gasteiger partial charge on any atom is 0.252 e. The van der Waals surface area contributed by atoms with Gasteiger partial charge in [0.1, 0.15) is 4.21 Å². The van der Waals surface area contributed by atoms with Gasteiger partial charge in [-0.3, -0.25) is 4.79 Å². The Morgan fingerprint density at radius 2 is 1.84 bits per heavy atom. The number of rotatable bonds is 7. The van der Waals surface area contributed by atoms with Gasteiger partial charge in [-0.1, -0.05) is 31.7 Å². The minimum absolute atomic E-state index is 0.0304. The lowest BCUT2D eigenvalue weighted by molar-refractivity contribution is -0.121. The molecule has 1 amide bonds. The molecule has 2 rings (SSSR count). The Labute approximate surface area is 155 Å². The van der Waals surface area contributed by atoms with Crippen molar-refractivity contribution >= 4 is 27.3 Å². The number of amides is 1. The lowest BCUT2D eigenvalue weighted by Gasteiger charge is -2.39. The number of thiophene rings is 1. The first-order valence-electron chi connectivity index (χ1n) is 8.72. The molecule has 0 atom stereocenters. The van der Waals surface area contributed by atoms with Gasteiger partial charge in [0.2, 0.25) is 5.91 Å². The van der Waals surface area contributed by atoms with E-state index >= 15 is 0 Å². The largest absolute Gasteiger partial charge is 0.353 e. The molecule has 142 valence electrons. The summed E-state index contributed by atoms with van der Waals surface area (Å²) in [5, 5.41) is 4.68. The van der Waals surface area contributed by atoms with Crippen LogP contribution in [0.3, 0.4) is 0 Å². The van der Waals surface area contributed by atoms with Crippen molar-refractivity contribution in [3.63, 3.8) is 0 Å². The Morgan fingerprint density at radius 1 is 1.20 bits per heavy atom. The molecule has 0 radical (unpaired) electrons. The summed E-state index contributed by atoms with van der Waals surface area (Å²) in [6.45, 7) is 0.398. The van der Waals surface area contributed by atoms with Crippen molar-refractivity contribution in [2.75, 3.05) is 34.2 Å². The van der Waals surface area contributed by atoms with Crippen molar-refractivity contribution < 1.29 is 13.2 Å². The number of sulfonamides is 1. The highest BCUT2D eigenvalue weighted by Gasteiger charge is 2.34. The molecule has 0 aliphatic heterocycles. The number of carbonyl (C=O) groups excluding carboxylic acids is 1. The lowest BCUT2D eigenvalue weighted by atomic mass is 9.88. The van der Waals surface area contributed by atoms with Crippen LogP contribution in [0.15, 0.2) is 21.7 Å². The number of carbonyl (C=O) groups is 1. The average Bonchev–Trinajstić information content (AvgIpc) is 2.99. The molecule has 1 aliphatic carbocycles. The maximum atomic E-state index is 12.4. The monoisotopic (exact) mass is 387 g/mol. The number of hydrogen-bond donors (Lipinski definition) is 1. The molecule has 1 heterocycles. The molecular formula is C17H29N3O3S2. The fourth-order valence-electron chi connectivity index (χ4n) is 3.34. The minimum atomic E-state index is -3.59. The molecule has 0 aromatic carbocycles.